The first kappa shape index (κ1) is 10.3. The second-order valence-corrected chi connectivity index (χ2v) is 2.98. The molecule has 0 fully saturated rings. The van der Waals surface area contributed by atoms with Gasteiger partial charge in [-0.05, 0) is 6.92 Å². The minimum Gasteiger partial charge on any atom is -0.461 e. The summed E-state index contributed by atoms with van der Waals surface area (Å²) in [7, 11) is 0. The quantitative estimate of drug-likeness (QED) is 0.778. The molecule has 16 heavy (non-hydrogen) atoms. The molecule has 0 saturated carbocycles. The van der Waals surface area contributed by atoms with Gasteiger partial charge in [-0.2, -0.15) is 5.10 Å². The van der Waals surface area contributed by atoms with Gasteiger partial charge in [0.2, 0.25) is 0 Å². The maximum atomic E-state index is 11.4. The number of carbonyl (C=O) groups excluding carboxylic acids is 1. The highest BCUT2D eigenvalue weighted by Crippen LogP contribution is 2.13. The predicted molar refractivity (Wildman–Crippen MR) is 55.6 cm³/mol. The van der Waals surface area contributed by atoms with E-state index in [1.807, 2.05) is 0 Å². The molecule has 6 heteroatoms. The maximum absolute atomic E-state index is 11.4. The fraction of sp³-hybridized carbons (Fsp3) is 0.200. The number of rotatable bonds is 3. The van der Waals surface area contributed by atoms with Crippen molar-refractivity contribution in [2.24, 2.45) is 0 Å². The van der Waals surface area contributed by atoms with Crippen LogP contribution in [0.25, 0.3) is 11.4 Å². The minimum atomic E-state index is -0.426. The van der Waals surface area contributed by atoms with Gasteiger partial charge >= 0.3 is 5.97 Å². The summed E-state index contributed by atoms with van der Waals surface area (Å²) in [6.45, 7) is 2.08. The lowest BCUT2D eigenvalue weighted by Crippen LogP contribution is -2.04. The molecule has 0 spiro atoms. The zero-order valence-electron chi connectivity index (χ0n) is 8.67. The molecule has 0 aliphatic carbocycles. The molecule has 82 valence electrons. The molecule has 0 saturated heterocycles. The lowest BCUT2D eigenvalue weighted by Gasteiger charge is -1.95. The number of H-pyrrole nitrogens is 1. The van der Waals surface area contributed by atoms with Crippen molar-refractivity contribution in [1.29, 1.82) is 0 Å². The summed E-state index contributed by atoms with van der Waals surface area (Å²) < 4.78 is 4.83. The van der Waals surface area contributed by atoms with E-state index in [1.165, 1.54) is 0 Å². The largest absolute Gasteiger partial charge is 0.461 e. The molecular weight excluding hydrogens is 208 g/mol. The highest BCUT2D eigenvalue weighted by atomic mass is 16.5. The summed E-state index contributed by atoms with van der Waals surface area (Å²) in [4.78, 5) is 19.3. The van der Waals surface area contributed by atoms with Crippen LogP contribution >= 0.6 is 0 Å². The molecule has 0 aliphatic heterocycles. The second kappa shape index (κ2) is 4.52. The van der Waals surface area contributed by atoms with E-state index in [4.69, 9.17) is 4.74 Å². The lowest BCUT2D eigenvalue weighted by molar-refractivity contribution is 0.0519. The van der Waals surface area contributed by atoms with Gasteiger partial charge in [-0.1, -0.05) is 0 Å². The van der Waals surface area contributed by atoms with Crippen LogP contribution in [0.4, 0.5) is 0 Å². The fourth-order valence-corrected chi connectivity index (χ4v) is 1.20. The topological polar surface area (TPSA) is 80.8 Å². The third-order valence-corrected chi connectivity index (χ3v) is 1.90. The molecule has 1 N–H and O–H groups in total. The van der Waals surface area contributed by atoms with Crippen LogP contribution < -0.4 is 0 Å². The van der Waals surface area contributed by atoms with Crippen molar-refractivity contribution in [2.45, 2.75) is 6.92 Å². The molecule has 0 bridgehead atoms. The first-order valence-corrected chi connectivity index (χ1v) is 4.80. The molecular formula is C10H10N4O2. The zero-order chi connectivity index (χ0) is 11.4. The van der Waals surface area contributed by atoms with Crippen molar-refractivity contribution < 1.29 is 9.53 Å². The predicted octanol–water partition coefficient (Wildman–Crippen LogP) is 1.04. The molecule has 2 aromatic rings. The van der Waals surface area contributed by atoms with Gasteiger partial charge < -0.3 is 4.74 Å². The Hall–Kier alpha value is -2.24. The third kappa shape index (κ3) is 2.05. The van der Waals surface area contributed by atoms with E-state index >= 15 is 0 Å². The first-order valence-electron chi connectivity index (χ1n) is 4.80. The summed E-state index contributed by atoms with van der Waals surface area (Å²) in [6, 6.07) is 1.59. The van der Waals surface area contributed by atoms with Gasteiger partial charge in [0, 0.05) is 18.5 Å². The monoisotopic (exact) mass is 218 g/mol. The first-order chi connectivity index (χ1) is 7.81. The van der Waals surface area contributed by atoms with E-state index in [0.29, 0.717) is 23.7 Å². The molecule has 0 aromatic carbocycles. The summed E-state index contributed by atoms with van der Waals surface area (Å²) in [5, 5.41) is 6.56. The molecule has 2 aromatic heterocycles. The summed E-state index contributed by atoms with van der Waals surface area (Å²) in [5.74, 6) is -0.426. The molecule has 2 heterocycles. The molecule has 2 rings (SSSR count). The molecule has 0 atom stereocenters. The average Bonchev–Trinajstić information content (AvgIpc) is 2.80. The third-order valence-electron chi connectivity index (χ3n) is 1.90. The lowest BCUT2D eigenvalue weighted by atomic mass is 10.3. The van der Waals surface area contributed by atoms with Gasteiger partial charge in [0.15, 0.2) is 0 Å². The number of hydrogen-bond donors (Lipinski definition) is 1. The number of aromatic nitrogens is 4. The molecule has 0 unspecified atom stereocenters. The number of nitrogens with one attached hydrogen (secondary N) is 1. The van der Waals surface area contributed by atoms with E-state index in [2.05, 4.69) is 20.2 Å². The van der Waals surface area contributed by atoms with Crippen molar-refractivity contribution in [3.8, 4) is 11.4 Å². The maximum Gasteiger partial charge on any atom is 0.356 e. The molecule has 0 aliphatic rings. The van der Waals surface area contributed by atoms with Gasteiger partial charge in [-0.25, -0.2) is 4.79 Å². The molecule has 0 amide bonds. The Kier molecular flexibility index (Phi) is 2.90. The van der Waals surface area contributed by atoms with E-state index < -0.39 is 5.97 Å². The van der Waals surface area contributed by atoms with Gasteiger partial charge in [0.05, 0.1) is 12.8 Å². The van der Waals surface area contributed by atoms with Crippen LogP contribution in [0, 0.1) is 0 Å². The Balaban J connectivity index is 2.23. The van der Waals surface area contributed by atoms with Gasteiger partial charge in [0.1, 0.15) is 17.1 Å². The van der Waals surface area contributed by atoms with Crippen molar-refractivity contribution in [2.75, 3.05) is 6.61 Å². The van der Waals surface area contributed by atoms with Crippen LogP contribution in [0.15, 0.2) is 24.7 Å². The summed E-state index contributed by atoms with van der Waals surface area (Å²) in [5.41, 5.74) is 1.48. The number of aromatic amines is 1. The van der Waals surface area contributed by atoms with Crippen LogP contribution in [0.1, 0.15) is 17.4 Å². The number of esters is 1. The van der Waals surface area contributed by atoms with E-state index in [0.717, 1.165) is 0 Å². The summed E-state index contributed by atoms with van der Waals surface area (Å²) in [6.07, 6.45) is 4.71. The Labute approximate surface area is 91.7 Å². The normalized spacial score (nSPS) is 10.1. The SMILES string of the molecule is CCOC(=O)c1cc(-c2cnccn2)n[nH]1. The standard InChI is InChI=1S/C10H10N4O2/c1-2-16-10(15)8-5-7(13-14-8)9-6-11-3-4-12-9/h3-6H,2H2,1H3,(H,13,14). The number of carbonyl (C=O) groups is 1. The molecule has 0 radical (unpaired) electrons. The van der Waals surface area contributed by atoms with Crippen molar-refractivity contribution >= 4 is 5.97 Å². The Bertz CT molecular complexity index is 481. The Morgan fingerprint density at radius 1 is 1.44 bits per heavy atom. The number of nitrogens with zero attached hydrogens (tertiary/aromatic N) is 3. The van der Waals surface area contributed by atoms with Crippen LogP contribution in [0.2, 0.25) is 0 Å². The van der Waals surface area contributed by atoms with Crippen molar-refractivity contribution in [3.05, 3.63) is 30.4 Å². The van der Waals surface area contributed by atoms with Crippen LogP contribution in [-0.2, 0) is 4.74 Å². The smallest absolute Gasteiger partial charge is 0.356 e. The average molecular weight is 218 g/mol. The summed E-state index contributed by atoms with van der Waals surface area (Å²) >= 11 is 0. The van der Waals surface area contributed by atoms with Gasteiger partial charge in [-0.15, -0.1) is 0 Å². The zero-order valence-corrected chi connectivity index (χ0v) is 8.67. The van der Waals surface area contributed by atoms with Crippen molar-refractivity contribution in [1.82, 2.24) is 20.2 Å². The number of ether oxygens (including phenoxy) is 1. The highest BCUT2D eigenvalue weighted by Gasteiger charge is 2.12. The van der Waals surface area contributed by atoms with E-state index in [1.54, 1.807) is 31.6 Å². The van der Waals surface area contributed by atoms with E-state index in [-0.39, 0.29) is 0 Å². The van der Waals surface area contributed by atoms with Crippen LogP contribution in [0.3, 0.4) is 0 Å². The highest BCUT2D eigenvalue weighted by molar-refractivity contribution is 5.88. The van der Waals surface area contributed by atoms with Gasteiger partial charge in [-0.3, -0.25) is 15.1 Å². The number of hydrogen-bond acceptors (Lipinski definition) is 5. The Morgan fingerprint density at radius 3 is 3.00 bits per heavy atom. The minimum absolute atomic E-state index is 0.308. The van der Waals surface area contributed by atoms with E-state index in [9.17, 15) is 4.79 Å². The van der Waals surface area contributed by atoms with Gasteiger partial charge in [0.25, 0.3) is 0 Å². The fourth-order valence-electron chi connectivity index (χ4n) is 1.20. The van der Waals surface area contributed by atoms with Crippen molar-refractivity contribution in [3.63, 3.8) is 0 Å². The molecule has 6 nitrogen and oxygen atoms in total. The Morgan fingerprint density at radius 2 is 2.31 bits per heavy atom. The second-order valence-electron chi connectivity index (χ2n) is 2.98. The van der Waals surface area contributed by atoms with Crippen LogP contribution in [-0.4, -0.2) is 32.7 Å². The van der Waals surface area contributed by atoms with Crippen LogP contribution in [0.5, 0.6) is 0 Å².